The summed E-state index contributed by atoms with van der Waals surface area (Å²) in [5, 5.41) is 31.4. The smallest absolute Gasteiger partial charge is 0.411 e. The Hall–Kier alpha value is -5.68. The number of carboxylic acid groups (broad SMARTS) is 1. The summed E-state index contributed by atoms with van der Waals surface area (Å²) >= 11 is 0. The number of aliphatic hydroxyl groups excluding tert-OH is 1. The second-order valence-electron chi connectivity index (χ2n) is 14.0. The van der Waals surface area contributed by atoms with E-state index in [-0.39, 0.29) is 47.8 Å². The van der Waals surface area contributed by atoms with Gasteiger partial charge in [-0.15, -0.1) is 0 Å². The Morgan fingerprint density at radius 3 is 2.16 bits per heavy atom. The Morgan fingerprint density at radius 2 is 1.57 bits per heavy atom. The van der Waals surface area contributed by atoms with Gasteiger partial charge in [-0.25, -0.2) is 9.78 Å². The molecule has 1 fully saturated rings. The van der Waals surface area contributed by atoms with Crippen molar-refractivity contribution in [2.24, 2.45) is 17.6 Å². The van der Waals surface area contributed by atoms with Crippen LogP contribution in [-0.4, -0.2) is 80.2 Å². The largest absolute Gasteiger partial charge is 0.477 e. The number of carbonyl (C=O) groups is 4. The summed E-state index contributed by atoms with van der Waals surface area (Å²) in [6.45, 7) is 3.94. The third kappa shape index (κ3) is 9.39. The van der Waals surface area contributed by atoms with Crippen molar-refractivity contribution >= 4 is 29.4 Å². The highest BCUT2D eigenvalue weighted by molar-refractivity contribution is 5.98. The molecular weight excluding hydrogens is 738 g/mol. The lowest BCUT2D eigenvalue weighted by Gasteiger charge is -2.28. The number of amides is 3. The number of hydrogen-bond donors (Lipinski definition) is 7. The van der Waals surface area contributed by atoms with Crippen molar-refractivity contribution in [3.63, 3.8) is 0 Å². The van der Waals surface area contributed by atoms with Gasteiger partial charge in [0, 0.05) is 35.2 Å². The number of benzene rings is 3. The third-order valence-corrected chi connectivity index (χ3v) is 9.88. The van der Waals surface area contributed by atoms with E-state index >= 15 is 0 Å². The van der Waals surface area contributed by atoms with Crippen LogP contribution in [0.5, 0.6) is 0 Å². The molecule has 2 atom stereocenters. The number of aromatic nitrogens is 3. The molecule has 1 saturated carbocycles. The van der Waals surface area contributed by atoms with Crippen molar-refractivity contribution in [2.45, 2.75) is 69.9 Å². The number of alkyl halides is 4. The van der Waals surface area contributed by atoms with Gasteiger partial charge in [0.1, 0.15) is 6.04 Å². The highest BCUT2D eigenvalue weighted by Crippen LogP contribution is 2.42. The van der Waals surface area contributed by atoms with Crippen LogP contribution in [0.4, 0.5) is 23.2 Å². The number of nitrogens with zero attached hydrogens (tertiary/aromatic N) is 2. The van der Waals surface area contributed by atoms with Gasteiger partial charge < -0.3 is 31.9 Å². The van der Waals surface area contributed by atoms with Crippen LogP contribution in [0.25, 0.3) is 22.5 Å². The second kappa shape index (κ2) is 17.4. The Labute approximate surface area is 319 Å². The van der Waals surface area contributed by atoms with E-state index in [1.165, 1.54) is 24.3 Å². The van der Waals surface area contributed by atoms with Crippen molar-refractivity contribution in [3.05, 3.63) is 89.2 Å². The molecule has 0 bridgehead atoms. The standard InChI is InChI=1S/C39H43F4N7O6/c1-21-17-28(34(53)45-22(2)20-51)13-16-30(21)25-7-3-23(4-8-25)18-31(47-33(52)27-9-5-24(19-44)6-10-27)35(54)46-29-14-11-26(12-15-29)32-48-36(50-49-32)38(40,41)39(42,43)37(55)56/h3-4,7-8,11-17,22,24,27,31,51H,5-6,9-10,18-20,44H2,1-2H3,(H,45,53)(H,46,54)(H,47,52)(H,55,56)(H,48,49,50)/t22?,24-,27-,31?. The molecule has 1 aliphatic rings. The van der Waals surface area contributed by atoms with Crippen LogP contribution in [0.15, 0.2) is 66.7 Å². The Morgan fingerprint density at radius 1 is 0.929 bits per heavy atom. The normalized spacial score (nSPS) is 17.1. The Balaban J connectivity index is 1.31. The molecule has 0 radical (unpaired) electrons. The number of anilines is 1. The molecule has 56 heavy (non-hydrogen) atoms. The molecule has 3 amide bonds. The molecule has 0 aliphatic heterocycles. The van der Waals surface area contributed by atoms with Crippen LogP contribution < -0.4 is 21.7 Å². The molecule has 17 heteroatoms. The number of rotatable bonds is 15. The highest BCUT2D eigenvalue weighted by Gasteiger charge is 2.66. The van der Waals surface area contributed by atoms with Gasteiger partial charge in [-0.1, -0.05) is 30.3 Å². The minimum absolute atomic E-state index is 0.124. The fourth-order valence-corrected chi connectivity index (χ4v) is 6.44. The molecule has 8 N–H and O–H groups in total. The number of aryl methyl sites for hydroxylation is 1. The van der Waals surface area contributed by atoms with Gasteiger partial charge in [0.15, 0.2) is 5.82 Å². The minimum atomic E-state index is -5.45. The number of aliphatic carboxylic acids is 1. The van der Waals surface area contributed by atoms with Gasteiger partial charge in [-0.05, 0) is 111 Å². The van der Waals surface area contributed by atoms with Crippen molar-refractivity contribution in [2.75, 3.05) is 18.5 Å². The first-order chi connectivity index (χ1) is 26.5. The fourth-order valence-electron chi connectivity index (χ4n) is 6.44. The zero-order valence-electron chi connectivity index (χ0n) is 30.6. The quantitative estimate of drug-likeness (QED) is 0.0825. The maximum Gasteiger partial charge on any atom is 0.411 e. The number of H-pyrrole nitrogens is 1. The third-order valence-electron chi connectivity index (χ3n) is 9.88. The predicted octanol–water partition coefficient (Wildman–Crippen LogP) is 4.80. The molecule has 5 rings (SSSR count). The van der Waals surface area contributed by atoms with Crippen LogP contribution >= 0.6 is 0 Å². The lowest BCUT2D eigenvalue weighted by atomic mass is 9.81. The van der Waals surface area contributed by atoms with E-state index in [0.29, 0.717) is 30.9 Å². The summed E-state index contributed by atoms with van der Waals surface area (Å²) in [5.41, 5.74) is 10.0. The van der Waals surface area contributed by atoms with Crippen LogP contribution in [0, 0.1) is 18.8 Å². The van der Waals surface area contributed by atoms with Gasteiger partial charge in [-0.3, -0.25) is 19.5 Å². The number of aromatic amines is 1. The van der Waals surface area contributed by atoms with Crippen LogP contribution in [-0.2, 0) is 26.7 Å². The van der Waals surface area contributed by atoms with Gasteiger partial charge >= 0.3 is 17.8 Å². The Kier molecular flexibility index (Phi) is 12.9. The zero-order valence-corrected chi connectivity index (χ0v) is 30.6. The summed E-state index contributed by atoms with van der Waals surface area (Å²) in [6, 6.07) is 16.9. The number of carbonyl (C=O) groups excluding carboxylic acids is 3. The molecule has 1 heterocycles. The number of hydrogen-bond acceptors (Lipinski definition) is 8. The summed E-state index contributed by atoms with van der Waals surface area (Å²) < 4.78 is 55.7. The van der Waals surface area contributed by atoms with Crippen molar-refractivity contribution in [1.82, 2.24) is 25.8 Å². The maximum absolute atomic E-state index is 14.2. The summed E-state index contributed by atoms with van der Waals surface area (Å²) in [5.74, 6) is -16.8. The average Bonchev–Trinajstić information content (AvgIpc) is 3.69. The SMILES string of the molecule is Cc1cc(C(=O)NC(C)CO)ccc1-c1ccc(CC(NC(=O)[C@H]2CC[C@H](CN)CC2)C(=O)Nc2ccc(-c3nc(C(F)(F)C(F)(F)C(=O)O)n[nH]3)cc2)cc1. The fraction of sp³-hybridized carbons (Fsp3) is 0.385. The molecule has 0 spiro atoms. The highest BCUT2D eigenvalue weighted by atomic mass is 19.3. The maximum atomic E-state index is 14.2. The molecular formula is C39H43F4N7O6. The molecule has 3 aromatic carbocycles. The predicted molar refractivity (Wildman–Crippen MR) is 198 cm³/mol. The van der Waals surface area contributed by atoms with Gasteiger partial charge in [0.05, 0.1) is 6.61 Å². The van der Waals surface area contributed by atoms with Crippen molar-refractivity contribution in [3.8, 4) is 22.5 Å². The summed E-state index contributed by atoms with van der Waals surface area (Å²) in [4.78, 5) is 53.8. The van der Waals surface area contributed by atoms with Crippen LogP contribution in [0.1, 0.15) is 59.9 Å². The second-order valence-corrected chi connectivity index (χ2v) is 14.0. The summed E-state index contributed by atoms with van der Waals surface area (Å²) in [6.07, 6.45) is 3.02. The number of nitrogens with two attached hydrogens (primary N) is 1. The Bertz CT molecular complexity index is 2030. The number of halogens is 4. The zero-order chi connectivity index (χ0) is 40.8. The minimum Gasteiger partial charge on any atom is -0.477 e. The van der Waals surface area contributed by atoms with E-state index in [0.717, 1.165) is 35.1 Å². The lowest BCUT2D eigenvalue weighted by molar-refractivity contribution is -0.231. The van der Waals surface area contributed by atoms with E-state index in [1.807, 2.05) is 37.3 Å². The topological polar surface area (TPSA) is 212 Å². The van der Waals surface area contributed by atoms with Crippen LogP contribution in [0.3, 0.4) is 0 Å². The number of aliphatic hydroxyl groups is 1. The molecule has 2 unspecified atom stereocenters. The van der Waals surface area contributed by atoms with E-state index in [1.54, 1.807) is 19.1 Å². The molecule has 13 nitrogen and oxygen atoms in total. The van der Waals surface area contributed by atoms with Crippen molar-refractivity contribution in [1.29, 1.82) is 0 Å². The van der Waals surface area contributed by atoms with Crippen molar-refractivity contribution < 1.29 is 47.0 Å². The van der Waals surface area contributed by atoms with E-state index in [9.17, 15) is 41.8 Å². The molecule has 1 aromatic heterocycles. The first kappa shape index (κ1) is 41.5. The molecule has 1 aliphatic carbocycles. The first-order valence-electron chi connectivity index (χ1n) is 18.0. The van der Waals surface area contributed by atoms with E-state index < -0.39 is 41.6 Å². The van der Waals surface area contributed by atoms with Gasteiger partial charge in [-0.2, -0.15) is 22.7 Å². The molecule has 298 valence electrons. The van der Waals surface area contributed by atoms with E-state index in [4.69, 9.17) is 10.8 Å². The van der Waals surface area contributed by atoms with E-state index in [2.05, 4.69) is 31.1 Å². The van der Waals surface area contributed by atoms with Crippen LogP contribution in [0.2, 0.25) is 0 Å². The van der Waals surface area contributed by atoms with Gasteiger partial charge in [0.2, 0.25) is 17.6 Å². The van der Waals surface area contributed by atoms with Gasteiger partial charge in [0.25, 0.3) is 5.91 Å². The molecule has 4 aromatic rings. The average molecular weight is 782 g/mol. The first-order valence-corrected chi connectivity index (χ1v) is 18.0. The number of nitrogens with one attached hydrogen (secondary N) is 4. The molecule has 0 saturated heterocycles. The lowest BCUT2D eigenvalue weighted by Crippen LogP contribution is -2.48. The number of carboxylic acids is 1. The summed E-state index contributed by atoms with van der Waals surface area (Å²) in [7, 11) is 0. The monoisotopic (exact) mass is 781 g/mol.